The van der Waals surface area contributed by atoms with E-state index in [1.807, 2.05) is 0 Å². The van der Waals surface area contributed by atoms with Crippen molar-refractivity contribution in [2.75, 3.05) is 0 Å². The highest BCUT2D eigenvalue weighted by molar-refractivity contribution is 9.10. The molecule has 0 aliphatic heterocycles. The van der Waals surface area contributed by atoms with E-state index in [-0.39, 0.29) is 6.42 Å². The van der Waals surface area contributed by atoms with Crippen molar-refractivity contribution in [3.63, 3.8) is 0 Å². The van der Waals surface area contributed by atoms with Crippen molar-refractivity contribution in [1.82, 2.24) is 0 Å². The fourth-order valence-corrected chi connectivity index (χ4v) is 2.08. The van der Waals surface area contributed by atoms with Gasteiger partial charge in [0, 0.05) is 10.9 Å². The van der Waals surface area contributed by atoms with E-state index in [4.69, 9.17) is 5.11 Å². The maximum absolute atomic E-state index is 10.4. The molecule has 1 aromatic carbocycles. The fraction of sp³-hybridized carbons (Fsp3) is 0.417. The molecule has 0 heterocycles. The first-order chi connectivity index (χ1) is 7.00. The van der Waals surface area contributed by atoms with Crippen LogP contribution in [0.5, 0.6) is 0 Å². The van der Waals surface area contributed by atoms with Crippen LogP contribution in [0.1, 0.15) is 29.5 Å². The molecule has 2 nitrogen and oxygen atoms in total. The zero-order valence-corrected chi connectivity index (χ0v) is 10.6. The molecule has 1 aromatic rings. The Morgan fingerprint density at radius 2 is 2.07 bits per heavy atom. The van der Waals surface area contributed by atoms with Crippen LogP contribution < -0.4 is 0 Å². The highest BCUT2D eigenvalue weighted by Gasteiger charge is 2.03. The Labute approximate surface area is 98.4 Å². The van der Waals surface area contributed by atoms with Crippen LogP contribution >= 0.6 is 15.9 Å². The van der Waals surface area contributed by atoms with Gasteiger partial charge < -0.3 is 5.11 Å². The smallest absolute Gasteiger partial charge is 0.303 e. The summed E-state index contributed by atoms with van der Waals surface area (Å²) in [5.74, 6) is -0.724. The highest BCUT2D eigenvalue weighted by Crippen LogP contribution is 2.22. The Morgan fingerprint density at radius 3 is 2.60 bits per heavy atom. The maximum Gasteiger partial charge on any atom is 0.303 e. The second kappa shape index (κ2) is 5.31. The fourth-order valence-electron chi connectivity index (χ4n) is 1.48. The number of hydrogen-bond acceptors (Lipinski definition) is 1. The SMILES string of the molecule is Cc1cc(CCCC(=O)O)cc(Br)c1C. The summed E-state index contributed by atoms with van der Waals surface area (Å²) < 4.78 is 1.10. The summed E-state index contributed by atoms with van der Waals surface area (Å²) >= 11 is 3.50. The molecule has 0 aromatic heterocycles. The van der Waals surface area contributed by atoms with Crippen molar-refractivity contribution in [3.8, 4) is 0 Å². The molecule has 0 aliphatic carbocycles. The Morgan fingerprint density at radius 1 is 1.40 bits per heavy atom. The Balaban J connectivity index is 2.66. The van der Waals surface area contributed by atoms with Crippen LogP contribution in [0.3, 0.4) is 0 Å². The number of carbonyl (C=O) groups is 1. The number of benzene rings is 1. The molecule has 82 valence electrons. The van der Waals surface area contributed by atoms with Gasteiger partial charge in [-0.25, -0.2) is 0 Å². The van der Waals surface area contributed by atoms with E-state index in [0.29, 0.717) is 6.42 Å². The zero-order valence-electron chi connectivity index (χ0n) is 9.01. The van der Waals surface area contributed by atoms with Crippen LogP contribution in [-0.4, -0.2) is 11.1 Å². The second-order valence-electron chi connectivity index (χ2n) is 3.77. The zero-order chi connectivity index (χ0) is 11.4. The molecule has 1 N–H and O–H groups in total. The van der Waals surface area contributed by atoms with Crippen molar-refractivity contribution in [3.05, 3.63) is 33.3 Å². The summed E-state index contributed by atoms with van der Waals surface area (Å²) in [5, 5.41) is 8.54. The van der Waals surface area contributed by atoms with Gasteiger partial charge in [0.15, 0.2) is 0 Å². The van der Waals surface area contributed by atoms with Crippen LogP contribution in [0, 0.1) is 13.8 Å². The summed E-state index contributed by atoms with van der Waals surface area (Å²) in [7, 11) is 0. The summed E-state index contributed by atoms with van der Waals surface area (Å²) in [6.07, 6.45) is 1.76. The molecule has 3 heteroatoms. The van der Waals surface area contributed by atoms with Crippen LogP contribution in [0.4, 0.5) is 0 Å². The summed E-state index contributed by atoms with van der Waals surface area (Å²) in [6.45, 7) is 4.14. The molecule has 1 rings (SSSR count). The predicted octanol–water partition coefficient (Wildman–Crippen LogP) is 3.47. The number of rotatable bonds is 4. The van der Waals surface area contributed by atoms with Gasteiger partial charge >= 0.3 is 5.97 Å². The van der Waals surface area contributed by atoms with E-state index in [1.54, 1.807) is 0 Å². The van der Waals surface area contributed by atoms with Crippen molar-refractivity contribution < 1.29 is 9.90 Å². The Hall–Kier alpha value is -0.830. The average Bonchev–Trinajstić information content (AvgIpc) is 2.13. The first-order valence-electron chi connectivity index (χ1n) is 4.98. The topological polar surface area (TPSA) is 37.3 Å². The summed E-state index contributed by atoms with van der Waals surface area (Å²) in [5.41, 5.74) is 3.69. The van der Waals surface area contributed by atoms with Crippen LogP contribution in [-0.2, 0) is 11.2 Å². The molecule has 15 heavy (non-hydrogen) atoms. The quantitative estimate of drug-likeness (QED) is 0.910. The number of hydrogen-bond donors (Lipinski definition) is 1. The molecule has 0 fully saturated rings. The lowest BCUT2D eigenvalue weighted by Gasteiger charge is -2.07. The molecule has 0 atom stereocenters. The molecular weight excluding hydrogens is 256 g/mol. The summed E-state index contributed by atoms with van der Waals surface area (Å²) in [4.78, 5) is 10.4. The van der Waals surface area contributed by atoms with E-state index in [9.17, 15) is 4.79 Å². The van der Waals surface area contributed by atoms with E-state index >= 15 is 0 Å². The maximum atomic E-state index is 10.4. The van der Waals surface area contributed by atoms with Crippen LogP contribution in [0.25, 0.3) is 0 Å². The predicted molar refractivity (Wildman–Crippen MR) is 64.2 cm³/mol. The molecular formula is C12H15BrO2. The number of carboxylic acid groups (broad SMARTS) is 1. The van der Waals surface area contributed by atoms with Crippen molar-refractivity contribution >= 4 is 21.9 Å². The lowest BCUT2D eigenvalue weighted by atomic mass is 10.0. The molecule has 0 amide bonds. The number of halogens is 1. The largest absolute Gasteiger partial charge is 0.481 e. The van der Waals surface area contributed by atoms with Crippen LogP contribution in [0.15, 0.2) is 16.6 Å². The van der Waals surface area contributed by atoms with Gasteiger partial charge in [0.05, 0.1) is 0 Å². The minimum absolute atomic E-state index is 0.241. The lowest BCUT2D eigenvalue weighted by Crippen LogP contribution is -1.96. The van der Waals surface area contributed by atoms with E-state index in [2.05, 4.69) is 41.9 Å². The normalized spacial score (nSPS) is 10.3. The monoisotopic (exact) mass is 270 g/mol. The molecule has 0 saturated heterocycles. The number of aliphatic carboxylic acids is 1. The van der Waals surface area contributed by atoms with Crippen molar-refractivity contribution in [2.24, 2.45) is 0 Å². The third kappa shape index (κ3) is 3.67. The van der Waals surface area contributed by atoms with Gasteiger partial charge in [0.25, 0.3) is 0 Å². The van der Waals surface area contributed by atoms with Gasteiger partial charge in [0.2, 0.25) is 0 Å². The molecule has 0 radical (unpaired) electrons. The molecule has 0 spiro atoms. The number of aryl methyl sites for hydroxylation is 2. The number of carboxylic acids is 1. The molecule has 0 saturated carbocycles. The average molecular weight is 271 g/mol. The first-order valence-corrected chi connectivity index (χ1v) is 5.77. The van der Waals surface area contributed by atoms with Crippen molar-refractivity contribution in [1.29, 1.82) is 0 Å². The van der Waals surface area contributed by atoms with Gasteiger partial charge in [-0.05, 0) is 49.4 Å². The van der Waals surface area contributed by atoms with E-state index in [1.165, 1.54) is 16.7 Å². The van der Waals surface area contributed by atoms with Gasteiger partial charge in [0.1, 0.15) is 0 Å². The molecule has 0 aliphatic rings. The van der Waals surface area contributed by atoms with Crippen LogP contribution in [0.2, 0.25) is 0 Å². The second-order valence-corrected chi connectivity index (χ2v) is 4.62. The van der Waals surface area contributed by atoms with Gasteiger partial charge in [-0.1, -0.05) is 22.0 Å². The minimum Gasteiger partial charge on any atom is -0.481 e. The molecule has 0 bridgehead atoms. The standard InChI is InChI=1S/C12H15BrO2/c1-8-6-10(4-3-5-12(14)15)7-11(13)9(8)2/h6-7H,3-5H2,1-2H3,(H,14,15). The Bertz CT molecular complexity index is 349. The van der Waals surface area contributed by atoms with Gasteiger partial charge in [-0.2, -0.15) is 0 Å². The van der Waals surface area contributed by atoms with Crippen molar-refractivity contribution in [2.45, 2.75) is 33.1 Å². The molecule has 0 unspecified atom stereocenters. The first kappa shape index (κ1) is 12.2. The Kier molecular flexibility index (Phi) is 4.33. The van der Waals surface area contributed by atoms with E-state index in [0.717, 1.165) is 10.9 Å². The third-order valence-corrected chi connectivity index (χ3v) is 3.34. The minimum atomic E-state index is -0.724. The van der Waals surface area contributed by atoms with Gasteiger partial charge in [-0.15, -0.1) is 0 Å². The highest BCUT2D eigenvalue weighted by atomic mass is 79.9. The van der Waals surface area contributed by atoms with E-state index < -0.39 is 5.97 Å². The third-order valence-electron chi connectivity index (χ3n) is 2.52. The van der Waals surface area contributed by atoms with Gasteiger partial charge in [-0.3, -0.25) is 4.79 Å². The summed E-state index contributed by atoms with van der Waals surface area (Å²) in [6, 6.07) is 4.20. The lowest BCUT2D eigenvalue weighted by molar-refractivity contribution is -0.137.